The van der Waals surface area contributed by atoms with Crippen molar-refractivity contribution in [1.82, 2.24) is 4.98 Å². The smallest absolute Gasteiger partial charge is 0.256 e. The summed E-state index contributed by atoms with van der Waals surface area (Å²) in [6.07, 6.45) is 1.58. The number of oxazole rings is 1. The van der Waals surface area contributed by atoms with Crippen LogP contribution in [0.4, 0.5) is 0 Å². The molecule has 0 aliphatic rings. The number of thioether (sulfide) groups is 1. The second kappa shape index (κ2) is 5.19. The predicted molar refractivity (Wildman–Crippen MR) is 67.5 cm³/mol. The zero-order valence-electron chi connectivity index (χ0n) is 9.77. The van der Waals surface area contributed by atoms with Crippen molar-refractivity contribution in [3.8, 4) is 0 Å². The van der Waals surface area contributed by atoms with Crippen molar-refractivity contribution >= 4 is 17.5 Å². The van der Waals surface area contributed by atoms with Gasteiger partial charge in [0.15, 0.2) is 5.78 Å². The summed E-state index contributed by atoms with van der Waals surface area (Å²) >= 11 is 1.32. The second-order valence-electron chi connectivity index (χ2n) is 3.83. The topological polar surface area (TPSA) is 43.1 Å². The number of hydrogen-bond acceptors (Lipinski definition) is 4. The van der Waals surface area contributed by atoms with Crippen molar-refractivity contribution in [2.24, 2.45) is 0 Å². The summed E-state index contributed by atoms with van der Waals surface area (Å²) < 4.78 is 5.17. The highest BCUT2D eigenvalue weighted by Gasteiger charge is 2.08. The van der Waals surface area contributed by atoms with Crippen LogP contribution >= 0.6 is 11.8 Å². The first-order valence-electron chi connectivity index (χ1n) is 5.30. The number of benzene rings is 1. The second-order valence-corrected chi connectivity index (χ2v) is 4.76. The summed E-state index contributed by atoms with van der Waals surface area (Å²) in [5.41, 5.74) is 2.71. The number of nitrogens with zero attached hydrogens (tertiary/aromatic N) is 1. The summed E-state index contributed by atoms with van der Waals surface area (Å²) in [4.78, 5) is 16.0. The minimum absolute atomic E-state index is 0.0888. The Morgan fingerprint density at radius 1 is 1.29 bits per heavy atom. The minimum atomic E-state index is 0.0888. The number of Topliss-reactive ketones (excluding diaryl/α,β-unsaturated/α-hetero) is 1. The molecule has 0 fully saturated rings. The number of ketones is 1. The Morgan fingerprint density at radius 3 is 2.59 bits per heavy atom. The Kier molecular flexibility index (Phi) is 3.64. The van der Waals surface area contributed by atoms with Crippen molar-refractivity contribution in [3.05, 3.63) is 47.3 Å². The molecule has 0 spiro atoms. The molecule has 0 N–H and O–H groups in total. The molecular formula is C13H13NO2S. The first-order chi connectivity index (χ1) is 8.15. The third-order valence-electron chi connectivity index (χ3n) is 2.30. The van der Waals surface area contributed by atoms with Gasteiger partial charge >= 0.3 is 0 Å². The van der Waals surface area contributed by atoms with Crippen LogP contribution in [0.3, 0.4) is 0 Å². The number of hydrogen-bond donors (Lipinski definition) is 0. The molecule has 0 amide bonds. The Labute approximate surface area is 104 Å². The minimum Gasteiger partial charge on any atom is -0.440 e. The van der Waals surface area contributed by atoms with Gasteiger partial charge in [-0.2, -0.15) is 0 Å². The first-order valence-corrected chi connectivity index (χ1v) is 6.28. The molecular weight excluding hydrogens is 234 g/mol. The van der Waals surface area contributed by atoms with Gasteiger partial charge in [0.25, 0.3) is 5.22 Å². The van der Waals surface area contributed by atoms with Crippen LogP contribution in [0.15, 0.2) is 40.2 Å². The van der Waals surface area contributed by atoms with Gasteiger partial charge in [-0.05, 0) is 13.8 Å². The molecule has 0 radical (unpaired) electrons. The van der Waals surface area contributed by atoms with Gasteiger partial charge in [0, 0.05) is 5.56 Å². The van der Waals surface area contributed by atoms with Gasteiger partial charge in [0.1, 0.15) is 6.26 Å². The molecule has 2 aromatic rings. The number of carbonyl (C=O) groups excluding carboxylic acids is 1. The van der Waals surface area contributed by atoms with Gasteiger partial charge in [-0.25, -0.2) is 4.98 Å². The fourth-order valence-corrected chi connectivity index (χ4v) is 2.09. The summed E-state index contributed by atoms with van der Waals surface area (Å²) in [6.45, 7) is 3.86. The largest absolute Gasteiger partial charge is 0.440 e. The fraction of sp³-hybridized carbons (Fsp3) is 0.231. The van der Waals surface area contributed by atoms with E-state index < -0.39 is 0 Å². The van der Waals surface area contributed by atoms with Crippen LogP contribution in [0.2, 0.25) is 0 Å². The fourth-order valence-electron chi connectivity index (χ4n) is 1.35. The summed E-state index contributed by atoms with van der Waals surface area (Å²) in [7, 11) is 0. The van der Waals surface area contributed by atoms with Crippen molar-refractivity contribution in [3.63, 3.8) is 0 Å². The average Bonchev–Trinajstić information content (AvgIpc) is 2.73. The maximum atomic E-state index is 11.8. The molecule has 17 heavy (non-hydrogen) atoms. The van der Waals surface area contributed by atoms with Gasteiger partial charge in [-0.15, -0.1) is 0 Å². The summed E-state index contributed by atoms with van der Waals surface area (Å²) in [6, 6.07) is 7.57. The van der Waals surface area contributed by atoms with E-state index in [0.29, 0.717) is 11.0 Å². The van der Waals surface area contributed by atoms with Crippen LogP contribution < -0.4 is 0 Å². The Morgan fingerprint density at radius 2 is 2.00 bits per heavy atom. The Hall–Kier alpha value is -1.55. The zero-order chi connectivity index (χ0) is 12.3. The van der Waals surface area contributed by atoms with E-state index in [4.69, 9.17) is 4.42 Å². The van der Waals surface area contributed by atoms with Crippen LogP contribution in [0, 0.1) is 13.8 Å². The number of aryl methyl sites for hydroxylation is 2. The molecule has 3 nitrogen and oxygen atoms in total. The Balaban J connectivity index is 1.95. The standard InChI is InChI=1S/C13H13NO2S/c1-9-3-5-11(6-4-9)12(15)8-17-13-14-10(2)7-16-13/h3-7H,8H2,1-2H3. The molecule has 1 aromatic carbocycles. The third kappa shape index (κ3) is 3.20. The van der Waals surface area contributed by atoms with Crippen molar-refractivity contribution in [2.75, 3.05) is 5.75 Å². The van der Waals surface area contributed by atoms with Crippen molar-refractivity contribution < 1.29 is 9.21 Å². The van der Waals surface area contributed by atoms with Crippen LogP contribution in [-0.2, 0) is 0 Å². The van der Waals surface area contributed by atoms with E-state index >= 15 is 0 Å². The van der Waals surface area contributed by atoms with Crippen LogP contribution in [0.5, 0.6) is 0 Å². The lowest BCUT2D eigenvalue weighted by atomic mass is 10.1. The lowest BCUT2D eigenvalue weighted by molar-refractivity contribution is 0.102. The van der Waals surface area contributed by atoms with E-state index in [1.165, 1.54) is 11.8 Å². The van der Waals surface area contributed by atoms with Gasteiger partial charge < -0.3 is 4.42 Å². The molecule has 0 saturated heterocycles. The van der Waals surface area contributed by atoms with E-state index in [9.17, 15) is 4.79 Å². The summed E-state index contributed by atoms with van der Waals surface area (Å²) in [5, 5.41) is 0.544. The van der Waals surface area contributed by atoms with Gasteiger partial charge in [-0.1, -0.05) is 41.6 Å². The van der Waals surface area contributed by atoms with Crippen molar-refractivity contribution in [1.29, 1.82) is 0 Å². The predicted octanol–water partition coefficient (Wildman–Crippen LogP) is 3.27. The molecule has 0 saturated carbocycles. The zero-order valence-corrected chi connectivity index (χ0v) is 10.6. The van der Waals surface area contributed by atoms with E-state index in [1.54, 1.807) is 6.26 Å². The van der Waals surface area contributed by atoms with Gasteiger partial charge in [-0.3, -0.25) is 4.79 Å². The first kappa shape index (κ1) is 11.9. The molecule has 88 valence electrons. The van der Waals surface area contributed by atoms with Gasteiger partial charge in [0.05, 0.1) is 11.4 Å². The number of carbonyl (C=O) groups is 1. The lowest BCUT2D eigenvalue weighted by Gasteiger charge is -1.99. The van der Waals surface area contributed by atoms with Crippen LogP contribution in [0.1, 0.15) is 21.6 Å². The van der Waals surface area contributed by atoms with Crippen molar-refractivity contribution in [2.45, 2.75) is 19.1 Å². The maximum absolute atomic E-state index is 11.8. The molecule has 1 heterocycles. The highest BCUT2D eigenvalue weighted by atomic mass is 32.2. The Bertz CT molecular complexity index is 516. The molecule has 2 rings (SSSR count). The molecule has 0 aliphatic heterocycles. The molecule has 1 aromatic heterocycles. The number of aromatic nitrogens is 1. The summed E-state index contributed by atoms with van der Waals surface area (Å²) in [5.74, 6) is 0.439. The van der Waals surface area contributed by atoms with Crippen LogP contribution in [0.25, 0.3) is 0 Å². The monoisotopic (exact) mass is 247 g/mol. The van der Waals surface area contributed by atoms with Gasteiger partial charge in [0.2, 0.25) is 0 Å². The molecule has 0 atom stereocenters. The normalized spacial score (nSPS) is 10.5. The third-order valence-corrected chi connectivity index (χ3v) is 3.14. The maximum Gasteiger partial charge on any atom is 0.256 e. The molecule has 4 heteroatoms. The lowest BCUT2D eigenvalue weighted by Crippen LogP contribution is -2.02. The molecule has 0 bridgehead atoms. The quantitative estimate of drug-likeness (QED) is 0.614. The van der Waals surface area contributed by atoms with Crippen LogP contribution in [-0.4, -0.2) is 16.5 Å². The molecule has 0 aliphatic carbocycles. The number of rotatable bonds is 4. The van der Waals surface area contributed by atoms with E-state index in [0.717, 1.165) is 16.8 Å². The van der Waals surface area contributed by atoms with E-state index in [1.807, 2.05) is 38.1 Å². The highest BCUT2D eigenvalue weighted by Crippen LogP contribution is 2.18. The van der Waals surface area contributed by atoms with E-state index in [2.05, 4.69) is 4.98 Å². The highest BCUT2D eigenvalue weighted by molar-refractivity contribution is 7.99. The SMILES string of the molecule is Cc1ccc(C(=O)CSc2nc(C)co2)cc1. The average molecular weight is 247 g/mol. The van der Waals surface area contributed by atoms with E-state index in [-0.39, 0.29) is 5.78 Å². The molecule has 0 unspecified atom stereocenters.